The summed E-state index contributed by atoms with van der Waals surface area (Å²) >= 11 is 0. The van der Waals surface area contributed by atoms with Gasteiger partial charge >= 0.3 is 0 Å². The van der Waals surface area contributed by atoms with E-state index < -0.39 is 0 Å². The van der Waals surface area contributed by atoms with Crippen LogP contribution in [0.15, 0.2) is 24.3 Å². The smallest absolute Gasteiger partial charge is 0.221 e. The predicted octanol–water partition coefficient (Wildman–Crippen LogP) is 0.411. The zero-order chi connectivity index (χ0) is 15.2. The Kier molecular flexibility index (Phi) is 5.52. The summed E-state index contributed by atoms with van der Waals surface area (Å²) in [5, 5.41) is 2.64. The number of carbonyl (C=O) groups excluding carboxylic acids is 1. The van der Waals surface area contributed by atoms with Crippen molar-refractivity contribution in [2.24, 2.45) is 5.73 Å². The van der Waals surface area contributed by atoms with Crippen LogP contribution in [0.2, 0.25) is 0 Å². The minimum absolute atomic E-state index is 0.0198. The summed E-state index contributed by atoms with van der Waals surface area (Å²) in [5.74, 6) is -0.197. The van der Waals surface area contributed by atoms with Gasteiger partial charge in [0.25, 0.3) is 0 Å². The molecule has 6 heteroatoms. The highest BCUT2D eigenvalue weighted by atomic mass is 19.1. The molecule has 1 aliphatic rings. The van der Waals surface area contributed by atoms with Gasteiger partial charge < -0.3 is 16.0 Å². The lowest BCUT2D eigenvalue weighted by Crippen LogP contribution is -2.53. The number of hydrogen-bond donors (Lipinski definition) is 2. The van der Waals surface area contributed by atoms with Crippen molar-refractivity contribution in [2.45, 2.75) is 12.5 Å². The van der Waals surface area contributed by atoms with Crippen molar-refractivity contribution in [2.75, 3.05) is 44.7 Å². The normalized spacial score (nSPS) is 17.6. The third kappa shape index (κ3) is 4.15. The van der Waals surface area contributed by atoms with Gasteiger partial charge in [-0.1, -0.05) is 0 Å². The van der Waals surface area contributed by atoms with E-state index in [-0.39, 0.29) is 17.8 Å². The molecule has 0 spiro atoms. The number of hydrogen-bond acceptors (Lipinski definition) is 4. The zero-order valence-corrected chi connectivity index (χ0v) is 12.4. The van der Waals surface area contributed by atoms with Gasteiger partial charge in [0.05, 0.1) is 0 Å². The first kappa shape index (κ1) is 15.7. The van der Waals surface area contributed by atoms with Crippen molar-refractivity contribution < 1.29 is 9.18 Å². The summed E-state index contributed by atoms with van der Waals surface area (Å²) in [6.45, 7) is 3.90. The number of halogens is 1. The zero-order valence-electron chi connectivity index (χ0n) is 12.4. The van der Waals surface area contributed by atoms with Gasteiger partial charge in [-0.2, -0.15) is 0 Å². The Morgan fingerprint density at radius 2 is 1.90 bits per heavy atom. The van der Waals surface area contributed by atoms with Crippen LogP contribution < -0.4 is 16.0 Å². The number of nitrogens with two attached hydrogens (primary N) is 1. The van der Waals surface area contributed by atoms with Gasteiger partial charge in [0.1, 0.15) is 5.82 Å². The highest BCUT2D eigenvalue weighted by molar-refractivity contribution is 5.76. The lowest BCUT2D eigenvalue weighted by atomic mass is 10.1. The third-order valence-corrected chi connectivity index (χ3v) is 3.99. The van der Waals surface area contributed by atoms with Gasteiger partial charge in [-0.25, -0.2) is 4.39 Å². The molecule has 1 aromatic carbocycles. The molecule has 21 heavy (non-hydrogen) atoms. The van der Waals surface area contributed by atoms with E-state index in [0.29, 0.717) is 13.0 Å². The summed E-state index contributed by atoms with van der Waals surface area (Å²) in [7, 11) is 1.64. The van der Waals surface area contributed by atoms with Crippen LogP contribution in [-0.2, 0) is 4.79 Å². The quantitative estimate of drug-likeness (QED) is 0.826. The van der Waals surface area contributed by atoms with Crippen LogP contribution in [0.5, 0.6) is 0 Å². The molecule has 1 aliphatic heterocycles. The van der Waals surface area contributed by atoms with Crippen LogP contribution in [0.3, 0.4) is 0 Å². The monoisotopic (exact) mass is 294 g/mol. The van der Waals surface area contributed by atoms with Crippen molar-refractivity contribution in [3.8, 4) is 0 Å². The Hall–Kier alpha value is -1.66. The van der Waals surface area contributed by atoms with Crippen LogP contribution in [0.4, 0.5) is 10.1 Å². The Morgan fingerprint density at radius 3 is 2.43 bits per heavy atom. The van der Waals surface area contributed by atoms with Crippen molar-refractivity contribution in [3.05, 3.63) is 30.1 Å². The predicted molar refractivity (Wildman–Crippen MR) is 81.7 cm³/mol. The second kappa shape index (κ2) is 7.38. The number of amides is 1. The Balaban J connectivity index is 1.89. The fraction of sp³-hybridized carbons (Fsp3) is 0.533. The maximum atomic E-state index is 12.9. The minimum Gasteiger partial charge on any atom is -0.369 e. The van der Waals surface area contributed by atoms with Gasteiger partial charge in [0.15, 0.2) is 0 Å². The number of benzene rings is 1. The molecule has 1 fully saturated rings. The van der Waals surface area contributed by atoms with Crippen LogP contribution in [0.25, 0.3) is 0 Å². The molecule has 5 nitrogen and oxygen atoms in total. The summed E-state index contributed by atoms with van der Waals surface area (Å²) in [4.78, 5) is 16.0. The van der Waals surface area contributed by atoms with E-state index in [1.165, 1.54) is 12.1 Å². The number of rotatable bonds is 5. The first-order valence-electron chi connectivity index (χ1n) is 7.29. The summed E-state index contributed by atoms with van der Waals surface area (Å²) in [5.41, 5.74) is 6.83. The fourth-order valence-corrected chi connectivity index (χ4v) is 2.67. The standard InChI is InChI=1S/C15H23FN4O/c1-18-15(21)10-14(11-17)20-8-6-19(7-9-20)13-4-2-12(16)3-5-13/h2-5,14H,6-11,17H2,1H3,(H,18,21). The molecule has 2 rings (SSSR count). The summed E-state index contributed by atoms with van der Waals surface area (Å²) in [6, 6.07) is 6.65. The van der Waals surface area contributed by atoms with Gasteiger partial charge in [-0.3, -0.25) is 9.69 Å². The molecule has 116 valence electrons. The van der Waals surface area contributed by atoms with Crippen molar-refractivity contribution in [3.63, 3.8) is 0 Å². The average molecular weight is 294 g/mol. The van der Waals surface area contributed by atoms with Gasteiger partial charge in [-0.15, -0.1) is 0 Å². The van der Waals surface area contributed by atoms with E-state index >= 15 is 0 Å². The highest BCUT2D eigenvalue weighted by Crippen LogP contribution is 2.18. The Bertz CT molecular complexity index is 457. The molecule has 3 N–H and O–H groups in total. The Morgan fingerprint density at radius 1 is 1.29 bits per heavy atom. The molecule has 1 amide bonds. The van der Waals surface area contributed by atoms with Crippen molar-refractivity contribution >= 4 is 11.6 Å². The highest BCUT2D eigenvalue weighted by Gasteiger charge is 2.24. The summed E-state index contributed by atoms with van der Waals surface area (Å²) < 4.78 is 12.9. The average Bonchev–Trinajstić information content (AvgIpc) is 2.53. The molecular formula is C15H23FN4O. The minimum atomic E-state index is -0.217. The lowest BCUT2D eigenvalue weighted by molar-refractivity contribution is -0.121. The second-order valence-electron chi connectivity index (χ2n) is 5.27. The molecule has 0 aliphatic carbocycles. The second-order valence-corrected chi connectivity index (χ2v) is 5.27. The number of nitrogens with one attached hydrogen (secondary N) is 1. The van der Waals surface area contributed by atoms with Crippen molar-refractivity contribution in [1.29, 1.82) is 0 Å². The molecule has 1 heterocycles. The largest absolute Gasteiger partial charge is 0.369 e. The first-order valence-corrected chi connectivity index (χ1v) is 7.29. The van der Waals surface area contributed by atoms with E-state index in [0.717, 1.165) is 31.9 Å². The lowest BCUT2D eigenvalue weighted by Gasteiger charge is -2.39. The maximum Gasteiger partial charge on any atom is 0.221 e. The number of carbonyl (C=O) groups is 1. The summed E-state index contributed by atoms with van der Waals surface area (Å²) in [6.07, 6.45) is 0.434. The Labute approximate surface area is 124 Å². The molecule has 0 bridgehead atoms. The third-order valence-electron chi connectivity index (χ3n) is 3.99. The SMILES string of the molecule is CNC(=O)CC(CN)N1CCN(c2ccc(F)cc2)CC1. The molecule has 1 unspecified atom stereocenters. The maximum absolute atomic E-state index is 12.9. The van der Waals surface area contributed by atoms with E-state index in [9.17, 15) is 9.18 Å². The van der Waals surface area contributed by atoms with Gasteiger partial charge in [0.2, 0.25) is 5.91 Å². The molecule has 0 aromatic heterocycles. The topological polar surface area (TPSA) is 61.6 Å². The molecule has 0 saturated carbocycles. The molecule has 1 atom stereocenters. The fourth-order valence-electron chi connectivity index (χ4n) is 2.67. The van der Waals surface area contributed by atoms with Gasteiger partial charge in [0, 0.05) is 57.9 Å². The van der Waals surface area contributed by atoms with Gasteiger partial charge in [-0.05, 0) is 24.3 Å². The van der Waals surface area contributed by atoms with Crippen LogP contribution in [0, 0.1) is 5.82 Å². The van der Waals surface area contributed by atoms with Crippen LogP contribution >= 0.6 is 0 Å². The van der Waals surface area contributed by atoms with Crippen molar-refractivity contribution in [1.82, 2.24) is 10.2 Å². The van der Waals surface area contributed by atoms with Crippen LogP contribution in [0.1, 0.15) is 6.42 Å². The number of anilines is 1. The van der Waals surface area contributed by atoms with E-state index in [4.69, 9.17) is 5.73 Å². The molecular weight excluding hydrogens is 271 g/mol. The number of piperazine rings is 1. The molecule has 1 saturated heterocycles. The first-order chi connectivity index (χ1) is 10.1. The van der Waals surface area contributed by atoms with E-state index in [1.54, 1.807) is 19.2 Å². The molecule has 1 aromatic rings. The van der Waals surface area contributed by atoms with Crippen LogP contribution in [-0.4, -0.2) is 56.6 Å². The number of nitrogens with zero attached hydrogens (tertiary/aromatic N) is 2. The van der Waals surface area contributed by atoms with E-state index in [1.807, 2.05) is 0 Å². The van der Waals surface area contributed by atoms with E-state index in [2.05, 4.69) is 15.1 Å². The molecule has 0 radical (unpaired) electrons.